The molecule has 1 aromatic rings. The number of hydrogen-bond acceptors (Lipinski definition) is 5. The van der Waals surface area contributed by atoms with Gasteiger partial charge in [-0.1, -0.05) is 29.3 Å². The van der Waals surface area contributed by atoms with Crippen molar-refractivity contribution in [1.82, 2.24) is 5.32 Å². The number of ether oxygens (including phenoxy) is 3. The number of nitrogens with one attached hydrogen (secondary N) is 1. The van der Waals surface area contributed by atoms with Crippen LogP contribution in [0.25, 0.3) is 0 Å². The first kappa shape index (κ1) is 24.1. The summed E-state index contributed by atoms with van der Waals surface area (Å²) in [7, 11) is 0. The SMILES string of the molecule is C=CC[C@@H](OC(=O)[C@H](C)NC(=O)OC(C)(C)C)[C@H](C)Oc1ccc(Cl)cc1Cl. The van der Waals surface area contributed by atoms with Crippen LogP contribution in [-0.2, 0) is 14.3 Å². The van der Waals surface area contributed by atoms with Gasteiger partial charge < -0.3 is 19.5 Å². The summed E-state index contributed by atoms with van der Waals surface area (Å²) < 4.78 is 16.5. The molecule has 28 heavy (non-hydrogen) atoms. The molecule has 1 amide bonds. The first-order valence-electron chi connectivity index (χ1n) is 8.85. The highest BCUT2D eigenvalue weighted by Gasteiger charge is 2.27. The van der Waals surface area contributed by atoms with Crippen molar-refractivity contribution in [2.75, 3.05) is 0 Å². The third-order valence-electron chi connectivity index (χ3n) is 3.48. The van der Waals surface area contributed by atoms with E-state index >= 15 is 0 Å². The van der Waals surface area contributed by atoms with Crippen molar-refractivity contribution in [2.45, 2.75) is 64.9 Å². The molecule has 0 spiro atoms. The number of benzene rings is 1. The normalized spacial score (nSPS) is 14.4. The summed E-state index contributed by atoms with van der Waals surface area (Å²) in [5.74, 6) is -0.195. The van der Waals surface area contributed by atoms with Crippen LogP contribution in [0, 0.1) is 0 Å². The van der Waals surface area contributed by atoms with Crippen LogP contribution < -0.4 is 10.1 Å². The van der Waals surface area contributed by atoms with Crippen LogP contribution in [-0.4, -0.2) is 35.9 Å². The van der Waals surface area contributed by atoms with E-state index in [0.717, 1.165) is 0 Å². The quantitative estimate of drug-likeness (QED) is 0.454. The summed E-state index contributed by atoms with van der Waals surface area (Å²) >= 11 is 12.0. The van der Waals surface area contributed by atoms with Gasteiger partial charge >= 0.3 is 12.1 Å². The van der Waals surface area contributed by atoms with Crippen LogP contribution >= 0.6 is 23.2 Å². The van der Waals surface area contributed by atoms with Crippen LogP contribution in [0.15, 0.2) is 30.9 Å². The minimum atomic E-state index is -0.895. The first-order valence-corrected chi connectivity index (χ1v) is 9.61. The maximum atomic E-state index is 12.4. The highest BCUT2D eigenvalue weighted by atomic mass is 35.5. The summed E-state index contributed by atoms with van der Waals surface area (Å²) in [4.78, 5) is 24.2. The van der Waals surface area contributed by atoms with Crippen molar-refractivity contribution >= 4 is 35.3 Å². The lowest BCUT2D eigenvalue weighted by molar-refractivity contribution is -0.155. The van der Waals surface area contributed by atoms with Gasteiger partial charge in [-0.05, 0) is 52.8 Å². The molecule has 1 aromatic carbocycles. The zero-order valence-electron chi connectivity index (χ0n) is 16.8. The van der Waals surface area contributed by atoms with Gasteiger partial charge in [0.15, 0.2) is 0 Å². The zero-order chi connectivity index (χ0) is 21.5. The fraction of sp³-hybridized carbons (Fsp3) is 0.500. The van der Waals surface area contributed by atoms with E-state index < -0.39 is 35.9 Å². The Bertz CT molecular complexity index is 702. The van der Waals surface area contributed by atoms with E-state index in [2.05, 4.69) is 11.9 Å². The van der Waals surface area contributed by atoms with Crippen molar-refractivity contribution in [1.29, 1.82) is 0 Å². The van der Waals surface area contributed by atoms with Crippen LogP contribution in [0.3, 0.4) is 0 Å². The van der Waals surface area contributed by atoms with E-state index in [-0.39, 0.29) is 0 Å². The van der Waals surface area contributed by atoms with Crippen molar-refractivity contribution in [3.63, 3.8) is 0 Å². The van der Waals surface area contributed by atoms with Gasteiger partial charge in [-0.2, -0.15) is 0 Å². The Hall–Kier alpha value is -1.92. The van der Waals surface area contributed by atoms with Gasteiger partial charge in [0, 0.05) is 11.4 Å². The fourth-order valence-corrected chi connectivity index (χ4v) is 2.59. The van der Waals surface area contributed by atoms with E-state index in [1.54, 1.807) is 52.0 Å². The molecule has 156 valence electrons. The van der Waals surface area contributed by atoms with Gasteiger partial charge in [0.25, 0.3) is 0 Å². The van der Waals surface area contributed by atoms with Crippen LogP contribution in [0.5, 0.6) is 5.75 Å². The van der Waals surface area contributed by atoms with Crippen molar-refractivity contribution in [2.24, 2.45) is 0 Å². The first-order chi connectivity index (χ1) is 12.9. The van der Waals surface area contributed by atoms with Crippen molar-refractivity contribution in [3.8, 4) is 5.75 Å². The number of halogens is 2. The molecule has 1 rings (SSSR count). The Morgan fingerprint density at radius 1 is 1.25 bits per heavy atom. The lowest BCUT2D eigenvalue weighted by Gasteiger charge is -2.26. The molecule has 0 aromatic heterocycles. The smallest absolute Gasteiger partial charge is 0.408 e. The Balaban J connectivity index is 2.72. The molecule has 3 atom stereocenters. The number of carbonyl (C=O) groups excluding carboxylic acids is 2. The Morgan fingerprint density at radius 3 is 2.43 bits per heavy atom. The monoisotopic (exact) mass is 431 g/mol. The summed E-state index contributed by atoms with van der Waals surface area (Å²) in [5, 5.41) is 3.29. The molecule has 0 saturated carbocycles. The van der Waals surface area contributed by atoms with Crippen molar-refractivity contribution < 1.29 is 23.8 Å². The Labute approximate surface area is 176 Å². The van der Waals surface area contributed by atoms with E-state index in [9.17, 15) is 9.59 Å². The predicted octanol–water partition coefficient (Wildman–Crippen LogP) is 5.16. The second-order valence-electron chi connectivity index (χ2n) is 7.27. The molecular formula is C20H27Cl2NO5. The summed E-state index contributed by atoms with van der Waals surface area (Å²) in [5.41, 5.74) is -0.667. The highest BCUT2D eigenvalue weighted by molar-refractivity contribution is 6.35. The minimum Gasteiger partial charge on any atom is -0.485 e. The number of hydrogen-bond donors (Lipinski definition) is 1. The fourth-order valence-electron chi connectivity index (χ4n) is 2.14. The van der Waals surface area contributed by atoms with Gasteiger partial charge in [0.2, 0.25) is 0 Å². The number of rotatable bonds is 8. The molecule has 0 heterocycles. The molecule has 8 heteroatoms. The van der Waals surface area contributed by atoms with E-state index in [0.29, 0.717) is 22.2 Å². The van der Waals surface area contributed by atoms with Gasteiger partial charge in [-0.25, -0.2) is 9.59 Å². The number of amides is 1. The minimum absolute atomic E-state index is 0.350. The summed E-state index contributed by atoms with van der Waals surface area (Å²) in [6, 6.07) is 3.96. The second kappa shape index (κ2) is 10.6. The molecule has 1 N–H and O–H groups in total. The van der Waals surface area contributed by atoms with Gasteiger partial charge in [0.05, 0.1) is 5.02 Å². The average Bonchev–Trinajstić information content (AvgIpc) is 2.54. The van der Waals surface area contributed by atoms with Gasteiger partial charge in [-0.3, -0.25) is 0 Å². The Morgan fingerprint density at radius 2 is 1.89 bits per heavy atom. The number of carbonyl (C=O) groups is 2. The lowest BCUT2D eigenvalue weighted by Crippen LogP contribution is -2.45. The largest absolute Gasteiger partial charge is 0.485 e. The summed E-state index contributed by atoms with van der Waals surface area (Å²) in [6.07, 6.45) is 0.133. The molecule has 0 radical (unpaired) electrons. The Kier molecular flexibility index (Phi) is 9.11. The molecular weight excluding hydrogens is 405 g/mol. The van der Waals surface area contributed by atoms with Gasteiger partial charge in [0.1, 0.15) is 29.6 Å². The lowest BCUT2D eigenvalue weighted by atomic mass is 10.1. The predicted molar refractivity (Wildman–Crippen MR) is 110 cm³/mol. The molecule has 0 aliphatic rings. The highest BCUT2D eigenvalue weighted by Crippen LogP contribution is 2.29. The molecule has 0 bridgehead atoms. The molecule has 0 unspecified atom stereocenters. The maximum Gasteiger partial charge on any atom is 0.408 e. The van der Waals surface area contributed by atoms with Crippen molar-refractivity contribution in [3.05, 3.63) is 40.9 Å². The molecule has 0 aliphatic carbocycles. The molecule has 6 nitrogen and oxygen atoms in total. The zero-order valence-corrected chi connectivity index (χ0v) is 18.3. The standard InChI is InChI=1S/C20H27Cl2NO5/c1-7-8-16(13(3)26-17-10-9-14(21)11-15(17)22)27-18(24)12(2)23-19(25)28-20(4,5)6/h7,9-13,16H,1,8H2,2-6H3,(H,23,25)/t12-,13-,16+/m0/s1. The molecule has 0 aliphatic heterocycles. The number of esters is 1. The van der Waals surface area contributed by atoms with E-state index in [1.165, 1.54) is 6.92 Å². The van der Waals surface area contributed by atoms with Crippen LogP contribution in [0.4, 0.5) is 4.79 Å². The van der Waals surface area contributed by atoms with Crippen LogP contribution in [0.1, 0.15) is 41.0 Å². The molecule has 0 saturated heterocycles. The number of alkyl carbamates (subject to hydrolysis) is 1. The molecule has 0 fully saturated rings. The van der Waals surface area contributed by atoms with Crippen LogP contribution in [0.2, 0.25) is 10.0 Å². The topological polar surface area (TPSA) is 73.9 Å². The third kappa shape index (κ3) is 8.40. The average molecular weight is 432 g/mol. The van der Waals surface area contributed by atoms with Gasteiger partial charge in [-0.15, -0.1) is 6.58 Å². The third-order valence-corrected chi connectivity index (χ3v) is 4.01. The van der Waals surface area contributed by atoms with E-state index in [1.807, 2.05) is 0 Å². The second-order valence-corrected chi connectivity index (χ2v) is 8.11. The summed E-state index contributed by atoms with van der Waals surface area (Å²) in [6.45, 7) is 12.1. The maximum absolute atomic E-state index is 12.4. The van der Waals surface area contributed by atoms with E-state index in [4.69, 9.17) is 37.4 Å².